The summed E-state index contributed by atoms with van der Waals surface area (Å²) < 4.78 is 5.17. The Balaban J connectivity index is 1.76. The fourth-order valence-electron chi connectivity index (χ4n) is 2.97. The van der Waals surface area contributed by atoms with Crippen LogP contribution in [0.2, 0.25) is 0 Å². The van der Waals surface area contributed by atoms with Crippen molar-refractivity contribution >= 4 is 17.8 Å². The Labute approximate surface area is 136 Å². The van der Waals surface area contributed by atoms with Crippen LogP contribution in [0, 0.1) is 0 Å². The first-order valence-corrected chi connectivity index (χ1v) is 9.20. The van der Waals surface area contributed by atoms with Crippen LogP contribution >= 0.6 is 11.8 Å². The molecule has 0 spiro atoms. The molecule has 124 valence electrons. The Kier molecular flexibility index (Phi) is 6.64. The zero-order chi connectivity index (χ0) is 15.9. The molecule has 22 heavy (non-hydrogen) atoms. The van der Waals surface area contributed by atoms with Gasteiger partial charge in [-0.2, -0.15) is 11.8 Å². The van der Waals surface area contributed by atoms with E-state index in [0.29, 0.717) is 17.4 Å². The van der Waals surface area contributed by atoms with Gasteiger partial charge in [0.25, 0.3) is 0 Å². The minimum atomic E-state index is -0.695. The molecule has 1 aromatic heterocycles. The van der Waals surface area contributed by atoms with Gasteiger partial charge in [-0.1, -0.05) is 12.8 Å². The van der Waals surface area contributed by atoms with Crippen LogP contribution in [0.5, 0.6) is 0 Å². The Morgan fingerprint density at radius 1 is 1.50 bits per heavy atom. The highest BCUT2D eigenvalue weighted by atomic mass is 32.2. The van der Waals surface area contributed by atoms with E-state index < -0.39 is 6.10 Å². The molecule has 4 atom stereocenters. The third-order valence-electron chi connectivity index (χ3n) is 4.15. The number of rotatable bonds is 6. The maximum Gasteiger partial charge on any atom is 0.315 e. The standard InChI is InChI=1S/C16H26N2O3S/c1-11(10-13(19)14-7-5-9-21-14)17-16(20)18-12-6-3-4-8-15(12)22-2/h5,7,9,11-13,15,19H,3-4,6,8,10H2,1-2H3,(H2,17,18,20)/t11-,12+,13+,15-/m1/s1. The van der Waals surface area contributed by atoms with Gasteiger partial charge in [-0.05, 0) is 38.2 Å². The minimum absolute atomic E-state index is 0.128. The summed E-state index contributed by atoms with van der Waals surface area (Å²) in [4.78, 5) is 12.1. The minimum Gasteiger partial charge on any atom is -0.467 e. The average Bonchev–Trinajstić information content (AvgIpc) is 3.01. The van der Waals surface area contributed by atoms with Gasteiger partial charge >= 0.3 is 6.03 Å². The number of hydrogen-bond donors (Lipinski definition) is 3. The molecule has 0 bridgehead atoms. The van der Waals surface area contributed by atoms with Crippen molar-refractivity contribution in [1.82, 2.24) is 10.6 Å². The monoisotopic (exact) mass is 326 g/mol. The van der Waals surface area contributed by atoms with E-state index in [-0.39, 0.29) is 18.1 Å². The molecule has 0 unspecified atom stereocenters. The number of carbonyl (C=O) groups is 1. The van der Waals surface area contributed by atoms with E-state index in [1.54, 1.807) is 12.1 Å². The molecule has 1 aromatic rings. The van der Waals surface area contributed by atoms with Crippen LogP contribution < -0.4 is 10.6 Å². The average molecular weight is 326 g/mol. The SMILES string of the molecule is CS[C@@H]1CCCC[C@@H]1NC(=O)N[C@H](C)C[C@H](O)c1ccco1. The molecule has 2 rings (SSSR count). The summed E-state index contributed by atoms with van der Waals surface area (Å²) in [6.45, 7) is 1.89. The van der Waals surface area contributed by atoms with Crippen molar-refractivity contribution in [2.24, 2.45) is 0 Å². The quantitative estimate of drug-likeness (QED) is 0.751. The van der Waals surface area contributed by atoms with Gasteiger partial charge in [0, 0.05) is 23.8 Å². The molecule has 3 N–H and O–H groups in total. The fraction of sp³-hybridized carbons (Fsp3) is 0.688. The second-order valence-corrected chi connectivity index (χ2v) is 7.03. The molecular weight excluding hydrogens is 300 g/mol. The van der Waals surface area contributed by atoms with E-state index >= 15 is 0 Å². The van der Waals surface area contributed by atoms with Crippen molar-refractivity contribution in [2.45, 2.75) is 62.5 Å². The van der Waals surface area contributed by atoms with Crippen molar-refractivity contribution < 1.29 is 14.3 Å². The van der Waals surface area contributed by atoms with Crippen LogP contribution in [0.3, 0.4) is 0 Å². The van der Waals surface area contributed by atoms with Crippen LogP contribution in [0.15, 0.2) is 22.8 Å². The van der Waals surface area contributed by atoms with Gasteiger partial charge in [-0.25, -0.2) is 4.79 Å². The summed E-state index contributed by atoms with van der Waals surface area (Å²) in [6.07, 6.45) is 8.00. The number of urea groups is 1. The van der Waals surface area contributed by atoms with E-state index in [1.165, 1.54) is 25.5 Å². The highest BCUT2D eigenvalue weighted by Gasteiger charge is 2.26. The maximum absolute atomic E-state index is 12.1. The summed E-state index contributed by atoms with van der Waals surface area (Å²) >= 11 is 1.83. The van der Waals surface area contributed by atoms with E-state index in [9.17, 15) is 9.90 Å². The summed E-state index contributed by atoms with van der Waals surface area (Å²) in [5, 5.41) is 16.5. The number of aliphatic hydroxyl groups excluding tert-OH is 1. The molecule has 0 saturated heterocycles. The van der Waals surface area contributed by atoms with Crippen molar-refractivity contribution in [3.8, 4) is 0 Å². The van der Waals surface area contributed by atoms with Crippen LogP contribution in [-0.4, -0.2) is 34.7 Å². The molecule has 0 radical (unpaired) electrons. The van der Waals surface area contributed by atoms with E-state index in [2.05, 4.69) is 16.9 Å². The lowest BCUT2D eigenvalue weighted by Crippen LogP contribution is -2.50. The molecule has 1 aliphatic rings. The fourth-order valence-corrected chi connectivity index (χ4v) is 3.90. The predicted molar refractivity (Wildman–Crippen MR) is 89.0 cm³/mol. The second kappa shape index (κ2) is 8.48. The van der Waals surface area contributed by atoms with E-state index in [0.717, 1.165) is 6.42 Å². The first-order chi connectivity index (χ1) is 10.6. The second-order valence-electron chi connectivity index (χ2n) is 5.95. The van der Waals surface area contributed by atoms with E-state index in [1.807, 2.05) is 18.7 Å². The zero-order valence-electron chi connectivity index (χ0n) is 13.2. The number of nitrogens with one attached hydrogen (secondary N) is 2. The normalized spacial score (nSPS) is 24.5. The summed E-state index contributed by atoms with van der Waals surface area (Å²) in [5.41, 5.74) is 0. The van der Waals surface area contributed by atoms with Gasteiger partial charge < -0.3 is 20.2 Å². The van der Waals surface area contributed by atoms with E-state index in [4.69, 9.17) is 4.42 Å². The highest BCUT2D eigenvalue weighted by Crippen LogP contribution is 2.27. The first-order valence-electron chi connectivity index (χ1n) is 7.91. The van der Waals surface area contributed by atoms with Gasteiger partial charge in [-0.15, -0.1) is 0 Å². The zero-order valence-corrected chi connectivity index (χ0v) is 14.1. The third kappa shape index (κ3) is 4.95. The summed E-state index contributed by atoms with van der Waals surface area (Å²) in [5.74, 6) is 0.531. The highest BCUT2D eigenvalue weighted by molar-refractivity contribution is 7.99. The topological polar surface area (TPSA) is 74.5 Å². The first kappa shape index (κ1) is 17.2. The van der Waals surface area contributed by atoms with Crippen molar-refractivity contribution in [3.63, 3.8) is 0 Å². The lowest BCUT2D eigenvalue weighted by molar-refractivity contribution is 0.129. The van der Waals surface area contributed by atoms with Gasteiger partial charge in [0.1, 0.15) is 11.9 Å². The number of furan rings is 1. The summed E-state index contributed by atoms with van der Waals surface area (Å²) in [6, 6.07) is 3.45. The predicted octanol–water partition coefficient (Wildman–Crippen LogP) is 3.07. The largest absolute Gasteiger partial charge is 0.467 e. The van der Waals surface area contributed by atoms with Gasteiger partial charge in [0.05, 0.1) is 6.26 Å². The van der Waals surface area contributed by atoms with Gasteiger partial charge in [0.2, 0.25) is 0 Å². The molecule has 1 heterocycles. The Bertz CT molecular complexity index is 452. The smallest absolute Gasteiger partial charge is 0.315 e. The molecule has 5 nitrogen and oxygen atoms in total. The molecular formula is C16H26N2O3S. The molecule has 0 aliphatic heterocycles. The number of aliphatic hydroxyl groups is 1. The van der Waals surface area contributed by atoms with Crippen LogP contribution in [0.1, 0.15) is 50.9 Å². The van der Waals surface area contributed by atoms with Crippen LogP contribution in [0.25, 0.3) is 0 Å². The number of thioether (sulfide) groups is 1. The molecule has 0 aromatic carbocycles. The lowest BCUT2D eigenvalue weighted by atomic mass is 9.95. The van der Waals surface area contributed by atoms with Crippen molar-refractivity contribution in [3.05, 3.63) is 24.2 Å². The van der Waals surface area contributed by atoms with Crippen LogP contribution in [0.4, 0.5) is 4.79 Å². The Hall–Kier alpha value is -1.14. The molecule has 6 heteroatoms. The number of amides is 2. The van der Waals surface area contributed by atoms with Crippen LogP contribution in [-0.2, 0) is 0 Å². The van der Waals surface area contributed by atoms with Crippen molar-refractivity contribution in [1.29, 1.82) is 0 Å². The summed E-state index contributed by atoms with van der Waals surface area (Å²) in [7, 11) is 0. The number of carbonyl (C=O) groups excluding carboxylic acids is 1. The molecule has 1 saturated carbocycles. The van der Waals surface area contributed by atoms with Gasteiger partial charge in [0.15, 0.2) is 0 Å². The van der Waals surface area contributed by atoms with Gasteiger partial charge in [-0.3, -0.25) is 0 Å². The maximum atomic E-state index is 12.1. The molecule has 1 fully saturated rings. The third-order valence-corrected chi connectivity index (χ3v) is 5.32. The molecule has 1 aliphatic carbocycles. The van der Waals surface area contributed by atoms with Crippen molar-refractivity contribution in [2.75, 3.05) is 6.26 Å². The Morgan fingerprint density at radius 2 is 2.27 bits per heavy atom. The molecule has 2 amide bonds. The Morgan fingerprint density at radius 3 is 2.95 bits per heavy atom. The lowest BCUT2D eigenvalue weighted by Gasteiger charge is -2.31. The number of hydrogen-bond acceptors (Lipinski definition) is 4.